The number of rotatable bonds is 30. The molecule has 0 N–H and O–H groups in total. The summed E-state index contributed by atoms with van der Waals surface area (Å²) < 4.78 is 16.6. The van der Waals surface area contributed by atoms with Gasteiger partial charge in [-0.1, -0.05) is 82.8 Å². The number of likely N-dealkylation sites (tertiary alicyclic amines) is 1. The van der Waals surface area contributed by atoms with Crippen molar-refractivity contribution in [3.8, 4) is 0 Å². The second-order valence-corrected chi connectivity index (χ2v) is 12.9. The molecule has 2 atom stereocenters. The maximum Gasteiger partial charge on any atom is 0.307 e. The number of hydrogen-bond donors (Lipinski definition) is 0. The van der Waals surface area contributed by atoms with Crippen molar-refractivity contribution >= 4 is 17.9 Å². The molecule has 0 bridgehead atoms. The minimum Gasteiger partial charge on any atom is -0.465 e. The largest absolute Gasteiger partial charge is 0.465 e. The Morgan fingerprint density at radius 3 is 1.80 bits per heavy atom. The summed E-state index contributed by atoms with van der Waals surface area (Å²) in [4.78, 5) is 39.5. The highest BCUT2D eigenvalue weighted by atomic mass is 16.6. The van der Waals surface area contributed by atoms with Crippen LogP contribution in [-0.2, 0) is 28.6 Å². The molecular weight excluding hydrogens is 578 g/mol. The summed E-state index contributed by atoms with van der Waals surface area (Å²) in [6, 6.07) is 0. The van der Waals surface area contributed by atoms with Crippen LogP contribution in [0.1, 0.15) is 142 Å². The van der Waals surface area contributed by atoms with Crippen LogP contribution < -0.4 is 0 Å². The second kappa shape index (κ2) is 30.0. The van der Waals surface area contributed by atoms with Crippen molar-refractivity contribution in [1.29, 1.82) is 0 Å². The Morgan fingerprint density at radius 1 is 0.674 bits per heavy atom. The highest BCUT2D eigenvalue weighted by Crippen LogP contribution is 2.17. The number of nitrogens with zero attached hydrogens (tertiary/aromatic N) is 1. The average molecular weight is 646 g/mol. The van der Waals surface area contributed by atoms with Gasteiger partial charge in [0.25, 0.3) is 0 Å². The third kappa shape index (κ3) is 24.8. The molecule has 46 heavy (non-hydrogen) atoms. The lowest BCUT2D eigenvalue weighted by molar-refractivity contribution is -0.153. The van der Waals surface area contributed by atoms with E-state index in [4.69, 9.17) is 14.2 Å². The van der Waals surface area contributed by atoms with Gasteiger partial charge in [-0.2, -0.15) is 0 Å². The Morgan fingerprint density at radius 2 is 1.22 bits per heavy atom. The lowest BCUT2D eigenvalue weighted by Gasteiger charge is -2.18. The van der Waals surface area contributed by atoms with Crippen LogP contribution in [0.4, 0.5) is 0 Å². The van der Waals surface area contributed by atoms with Gasteiger partial charge in [0.05, 0.1) is 12.3 Å². The number of esters is 3. The van der Waals surface area contributed by atoms with Gasteiger partial charge in [0.15, 0.2) is 0 Å². The van der Waals surface area contributed by atoms with Crippen molar-refractivity contribution in [3.63, 3.8) is 0 Å². The molecule has 7 heteroatoms. The zero-order chi connectivity index (χ0) is 33.5. The van der Waals surface area contributed by atoms with Crippen LogP contribution in [0.3, 0.4) is 0 Å². The van der Waals surface area contributed by atoms with Crippen LogP contribution >= 0.6 is 0 Å². The third-order valence-corrected chi connectivity index (χ3v) is 8.67. The van der Waals surface area contributed by atoms with Crippen LogP contribution in [0.2, 0.25) is 0 Å². The van der Waals surface area contributed by atoms with Crippen molar-refractivity contribution in [1.82, 2.24) is 4.90 Å². The number of ether oxygens (including phenoxy) is 3. The van der Waals surface area contributed by atoms with Gasteiger partial charge in [-0.3, -0.25) is 14.4 Å². The summed E-state index contributed by atoms with van der Waals surface area (Å²) in [5.41, 5.74) is 0. The fourth-order valence-electron chi connectivity index (χ4n) is 5.59. The summed E-state index contributed by atoms with van der Waals surface area (Å²) in [6.07, 6.45) is 30.6. The van der Waals surface area contributed by atoms with E-state index in [-0.39, 0.29) is 43.6 Å². The van der Waals surface area contributed by atoms with Crippen molar-refractivity contribution in [2.75, 3.05) is 39.5 Å². The summed E-state index contributed by atoms with van der Waals surface area (Å²) in [7, 11) is 0. The predicted molar refractivity (Wildman–Crippen MR) is 188 cm³/mol. The van der Waals surface area contributed by atoms with Crippen molar-refractivity contribution in [2.45, 2.75) is 142 Å². The molecule has 0 amide bonds. The lowest BCUT2D eigenvalue weighted by Crippen LogP contribution is -2.28. The van der Waals surface area contributed by atoms with Gasteiger partial charge in [0, 0.05) is 19.4 Å². The Bertz CT molecular complexity index is 847. The maximum absolute atomic E-state index is 12.4. The molecule has 0 aromatic carbocycles. The zero-order valence-corrected chi connectivity index (χ0v) is 29.5. The van der Waals surface area contributed by atoms with Gasteiger partial charge in [-0.05, 0) is 89.6 Å². The Hall–Kier alpha value is -2.41. The van der Waals surface area contributed by atoms with E-state index in [9.17, 15) is 14.4 Å². The Balaban J connectivity index is 2.28. The van der Waals surface area contributed by atoms with E-state index in [0.29, 0.717) is 31.7 Å². The monoisotopic (exact) mass is 645 g/mol. The van der Waals surface area contributed by atoms with E-state index in [2.05, 4.69) is 49.6 Å². The first-order chi connectivity index (χ1) is 22.5. The van der Waals surface area contributed by atoms with Crippen LogP contribution in [-0.4, -0.2) is 62.3 Å². The SMILES string of the molecule is C=CCC(CC)CCCC(=O)OCC(COC(=O)CCCCCCC/C=C\C/C=C\CCCCC)COC(=O)CCN1CCCC1. The second-order valence-electron chi connectivity index (χ2n) is 12.9. The summed E-state index contributed by atoms with van der Waals surface area (Å²) in [5, 5.41) is 0. The number of allylic oxidation sites excluding steroid dienone is 5. The molecule has 0 aromatic rings. The molecule has 0 spiro atoms. The average Bonchev–Trinajstić information content (AvgIpc) is 3.58. The molecule has 0 saturated carbocycles. The molecule has 0 aliphatic carbocycles. The van der Waals surface area contributed by atoms with E-state index in [1.54, 1.807) is 0 Å². The highest BCUT2D eigenvalue weighted by Gasteiger charge is 2.19. The maximum atomic E-state index is 12.4. The Kier molecular flexibility index (Phi) is 27.1. The van der Waals surface area contributed by atoms with Crippen LogP contribution in [0.15, 0.2) is 37.0 Å². The molecule has 1 heterocycles. The number of hydrogen-bond acceptors (Lipinski definition) is 7. The third-order valence-electron chi connectivity index (χ3n) is 8.67. The van der Waals surface area contributed by atoms with Crippen LogP contribution in [0.5, 0.6) is 0 Å². The topological polar surface area (TPSA) is 82.1 Å². The van der Waals surface area contributed by atoms with E-state index in [1.165, 1.54) is 44.9 Å². The Labute approximate surface area is 281 Å². The molecule has 1 aliphatic rings. The molecule has 1 aliphatic heterocycles. The first-order valence-corrected chi connectivity index (χ1v) is 18.6. The fraction of sp³-hybridized carbons (Fsp3) is 0.769. The van der Waals surface area contributed by atoms with E-state index in [0.717, 1.165) is 77.3 Å². The molecule has 1 rings (SSSR count). The van der Waals surface area contributed by atoms with Gasteiger partial charge >= 0.3 is 17.9 Å². The minimum atomic E-state index is -0.377. The smallest absolute Gasteiger partial charge is 0.307 e. The number of carbonyl (C=O) groups excluding carboxylic acids is 3. The summed E-state index contributed by atoms with van der Waals surface area (Å²) >= 11 is 0. The van der Waals surface area contributed by atoms with Gasteiger partial charge < -0.3 is 19.1 Å². The summed E-state index contributed by atoms with van der Waals surface area (Å²) in [6.45, 7) is 11.2. The summed E-state index contributed by atoms with van der Waals surface area (Å²) in [5.74, 6) is -0.632. The molecular formula is C39H67NO6. The molecule has 0 radical (unpaired) electrons. The number of unbranched alkanes of at least 4 members (excludes halogenated alkanes) is 8. The van der Waals surface area contributed by atoms with Crippen molar-refractivity contribution < 1.29 is 28.6 Å². The first-order valence-electron chi connectivity index (χ1n) is 18.6. The molecule has 0 aromatic heterocycles. The van der Waals surface area contributed by atoms with Crippen LogP contribution in [0.25, 0.3) is 0 Å². The van der Waals surface area contributed by atoms with E-state index < -0.39 is 0 Å². The van der Waals surface area contributed by atoms with Gasteiger partial charge in [0.2, 0.25) is 0 Å². The minimum absolute atomic E-state index is 0.0685. The van der Waals surface area contributed by atoms with Gasteiger partial charge in [0.1, 0.15) is 19.8 Å². The van der Waals surface area contributed by atoms with Crippen molar-refractivity contribution in [2.24, 2.45) is 11.8 Å². The normalized spacial score (nSPS) is 14.9. The van der Waals surface area contributed by atoms with E-state index >= 15 is 0 Å². The quantitative estimate of drug-likeness (QED) is 0.0333. The van der Waals surface area contributed by atoms with Gasteiger partial charge in [-0.15, -0.1) is 6.58 Å². The highest BCUT2D eigenvalue weighted by molar-refractivity contribution is 5.70. The van der Waals surface area contributed by atoms with Crippen molar-refractivity contribution in [3.05, 3.63) is 37.0 Å². The zero-order valence-electron chi connectivity index (χ0n) is 29.5. The molecule has 264 valence electrons. The van der Waals surface area contributed by atoms with Gasteiger partial charge in [-0.25, -0.2) is 0 Å². The lowest BCUT2D eigenvalue weighted by atomic mass is 9.96. The van der Waals surface area contributed by atoms with Crippen LogP contribution in [0, 0.1) is 11.8 Å². The molecule has 2 unspecified atom stereocenters. The standard InChI is InChI=1S/C39H67NO6/c1-4-7-8-9-10-11-12-13-14-15-16-17-18-19-20-26-37(41)44-32-36(34-46-39(43)28-31-40-29-21-22-30-40)33-45-38(42)27-23-25-35(6-3)24-5-2/h5,10-11,13-14,35-36H,2,4,6-9,12,15-34H2,1,3H3/b11-10-,14-13-. The molecule has 1 fully saturated rings. The molecule has 7 nitrogen and oxygen atoms in total. The predicted octanol–water partition coefficient (Wildman–Crippen LogP) is 9.30. The number of carbonyl (C=O) groups is 3. The molecule has 1 saturated heterocycles. The first kappa shape index (κ1) is 41.6. The fourth-order valence-corrected chi connectivity index (χ4v) is 5.59. The van der Waals surface area contributed by atoms with E-state index in [1.807, 2.05) is 6.08 Å².